The second-order valence-electron chi connectivity index (χ2n) is 7.30. The van der Waals surface area contributed by atoms with Crippen LogP contribution in [0.2, 0.25) is 10.0 Å². The number of allylic oxidation sites excluding steroid dienone is 2. The number of nitrogens with one attached hydrogen (secondary N) is 1. The van der Waals surface area contributed by atoms with Gasteiger partial charge in [0.05, 0.1) is 11.1 Å². The molecule has 27 heavy (non-hydrogen) atoms. The Hall–Kier alpha value is -2.10. The van der Waals surface area contributed by atoms with E-state index in [2.05, 4.69) is 30.1 Å². The molecule has 1 heterocycles. The van der Waals surface area contributed by atoms with Crippen molar-refractivity contribution in [3.63, 3.8) is 0 Å². The molecule has 2 N–H and O–H groups in total. The highest BCUT2D eigenvalue weighted by Gasteiger charge is 2.39. The average Bonchev–Trinajstić information content (AvgIpc) is 3.12. The largest absolute Gasteiger partial charge is 0.506 e. The van der Waals surface area contributed by atoms with E-state index in [1.807, 2.05) is 19.1 Å². The molecule has 140 valence electrons. The maximum atomic E-state index is 10.5. The lowest BCUT2D eigenvalue weighted by molar-refractivity contribution is 0.350. The minimum atomic E-state index is -0.0733. The van der Waals surface area contributed by atoms with Crippen LogP contribution in [-0.4, -0.2) is 11.7 Å². The SMILES string of the molecule is C=C(C)COc1ccc2c(c1)C1C=CCC1C(c1cc(Cl)cc(Cl)c1O)N2. The Morgan fingerprint density at radius 3 is 2.85 bits per heavy atom. The lowest BCUT2D eigenvalue weighted by atomic mass is 9.77. The molecule has 5 heteroatoms. The first-order valence-corrected chi connectivity index (χ1v) is 9.72. The van der Waals surface area contributed by atoms with Gasteiger partial charge in [0.1, 0.15) is 18.1 Å². The molecule has 1 aliphatic carbocycles. The van der Waals surface area contributed by atoms with Gasteiger partial charge in [-0.2, -0.15) is 0 Å². The zero-order valence-electron chi connectivity index (χ0n) is 15.0. The number of benzene rings is 2. The third-order valence-electron chi connectivity index (χ3n) is 5.21. The summed E-state index contributed by atoms with van der Waals surface area (Å²) in [6.45, 7) is 6.34. The van der Waals surface area contributed by atoms with E-state index in [1.165, 1.54) is 5.56 Å². The van der Waals surface area contributed by atoms with Gasteiger partial charge in [-0.25, -0.2) is 0 Å². The molecule has 2 aromatic rings. The number of fused-ring (bicyclic) bond motifs is 3. The third kappa shape index (κ3) is 3.42. The van der Waals surface area contributed by atoms with Crippen molar-refractivity contribution in [2.45, 2.75) is 25.3 Å². The predicted octanol–water partition coefficient (Wildman–Crippen LogP) is 6.48. The van der Waals surface area contributed by atoms with Crippen molar-refractivity contribution in [3.05, 3.63) is 75.8 Å². The van der Waals surface area contributed by atoms with Crippen LogP contribution in [0.3, 0.4) is 0 Å². The summed E-state index contributed by atoms with van der Waals surface area (Å²) < 4.78 is 5.82. The number of hydrogen-bond acceptors (Lipinski definition) is 3. The van der Waals surface area contributed by atoms with E-state index in [9.17, 15) is 5.11 Å². The minimum absolute atomic E-state index is 0.0733. The molecule has 0 saturated carbocycles. The van der Waals surface area contributed by atoms with Crippen molar-refractivity contribution in [1.29, 1.82) is 0 Å². The Kier molecular flexibility index (Phi) is 4.83. The van der Waals surface area contributed by atoms with E-state index in [4.69, 9.17) is 27.9 Å². The van der Waals surface area contributed by atoms with Gasteiger partial charge in [-0.1, -0.05) is 41.9 Å². The fourth-order valence-corrected chi connectivity index (χ4v) is 4.51. The summed E-state index contributed by atoms with van der Waals surface area (Å²) in [7, 11) is 0. The molecule has 3 unspecified atom stereocenters. The van der Waals surface area contributed by atoms with Crippen LogP contribution in [0.25, 0.3) is 0 Å². The van der Waals surface area contributed by atoms with Gasteiger partial charge in [0.25, 0.3) is 0 Å². The zero-order valence-corrected chi connectivity index (χ0v) is 16.5. The van der Waals surface area contributed by atoms with E-state index in [0.717, 1.165) is 29.0 Å². The van der Waals surface area contributed by atoms with Crippen LogP contribution in [0.1, 0.15) is 36.4 Å². The Labute approximate surface area is 169 Å². The van der Waals surface area contributed by atoms with Gasteiger partial charge in [0.15, 0.2) is 0 Å². The predicted molar refractivity (Wildman–Crippen MR) is 111 cm³/mol. The van der Waals surface area contributed by atoms with Crippen LogP contribution >= 0.6 is 23.2 Å². The number of halogens is 2. The van der Waals surface area contributed by atoms with Crippen molar-refractivity contribution in [2.75, 3.05) is 11.9 Å². The molecular formula is C22H21Cl2NO2. The minimum Gasteiger partial charge on any atom is -0.506 e. The Morgan fingerprint density at radius 1 is 1.26 bits per heavy atom. The van der Waals surface area contributed by atoms with E-state index in [-0.39, 0.29) is 28.6 Å². The Bertz CT molecular complexity index is 938. The summed E-state index contributed by atoms with van der Waals surface area (Å²) in [6.07, 6.45) is 5.36. The number of aromatic hydroxyl groups is 1. The summed E-state index contributed by atoms with van der Waals surface area (Å²) in [5.74, 6) is 1.45. The van der Waals surface area contributed by atoms with E-state index in [0.29, 0.717) is 11.6 Å². The smallest absolute Gasteiger partial charge is 0.139 e. The molecule has 2 aliphatic rings. The maximum absolute atomic E-state index is 10.5. The number of anilines is 1. The summed E-state index contributed by atoms with van der Waals surface area (Å²) in [5.41, 5.74) is 3.96. The standard InChI is InChI=1S/C22H21Cl2NO2/c1-12(2)11-27-14-6-7-20-17(10-14)15-4-3-5-16(15)21(25-20)18-8-13(23)9-19(24)22(18)26/h3-4,6-10,15-16,21,25-26H,1,5,11H2,2H3. The first kappa shape index (κ1) is 18.3. The highest BCUT2D eigenvalue weighted by molar-refractivity contribution is 6.35. The molecule has 0 aromatic heterocycles. The summed E-state index contributed by atoms with van der Waals surface area (Å²) in [5, 5.41) is 14.9. The lowest BCUT2D eigenvalue weighted by Gasteiger charge is -2.38. The molecule has 3 nitrogen and oxygen atoms in total. The second-order valence-corrected chi connectivity index (χ2v) is 8.14. The quantitative estimate of drug-likeness (QED) is 0.575. The molecule has 2 aromatic carbocycles. The van der Waals surface area contributed by atoms with E-state index >= 15 is 0 Å². The van der Waals surface area contributed by atoms with Gasteiger partial charge < -0.3 is 15.2 Å². The molecule has 3 atom stereocenters. The van der Waals surface area contributed by atoms with Crippen LogP contribution < -0.4 is 10.1 Å². The highest BCUT2D eigenvalue weighted by Crippen LogP contribution is 2.52. The first-order valence-electron chi connectivity index (χ1n) is 8.96. The van der Waals surface area contributed by atoms with Crippen LogP contribution in [0.4, 0.5) is 5.69 Å². The van der Waals surface area contributed by atoms with Crippen molar-refractivity contribution in [3.8, 4) is 11.5 Å². The van der Waals surface area contributed by atoms with Gasteiger partial charge in [0, 0.05) is 22.2 Å². The fourth-order valence-electron chi connectivity index (χ4n) is 4.00. The molecule has 1 aliphatic heterocycles. The summed E-state index contributed by atoms with van der Waals surface area (Å²) in [6, 6.07) is 9.37. The highest BCUT2D eigenvalue weighted by atomic mass is 35.5. The fraction of sp³-hybridized carbons (Fsp3) is 0.273. The molecule has 0 radical (unpaired) electrons. The van der Waals surface area contributed by atoms with Crippen LogP contribution in [-0.2, 0) is 0 Å². The lowest BCUT2D eigenvalue weighted by Crippen LogP contribution is -2.29. The molecule has 0 amide bonds. The van der Waals surface area contributed by atoms with Gasteiger partial charge >= 0.3 is 0 Å². The average molecular weight is 402 g/mol. The van der Waals surface area contributed by atoms with Crippen LogP contribution in [0.5, 0.6) is 11.5 Å². The van der Waals surface area contributed by atoms with Gasteiger partial charge in [0.2, 0.25) is 0 Å². The molecule has 4 rings (SSSR count). The van der Waals surface area contributed by atoms with Crippen molar-refractivity contribution < 1.29 is 9.84 Å². The Morgan fingerprint density at radius 2 is 2.07 bits per heavy atom. The number of hydrogen-bond donors (Lipinski definition) is 2. The topological polar surface area (TPSA) is 41.5 Å². The summed E-state index contributed by atoms with van der Waals surface area (Å²) in [4.78, 5) is 0. The number of phenolic OH excluding ortho intramolecular Hbond substituents is 1. The second kappa shape index (κ2) is 7.14. The molecule has 0 bridgehead atoms. The first-order chi connectivity index (χ1) is 12.9. The summed E-state index contributed by atoms with van der Waals surface area (Å²) >= 11 is 12.4. The number of ether oxygens (including phenoxy) is 1. The van der Waals surface area contributed by atoms with Crippen LogP contribution in [0, 0.1) is 5.92 Å². The van der Waals surface area contributed by atoms with Gasteiger partial charge in [-0.15, -0.1) is 0 Å². The van der Waals surface area contributed by atoms with Crippen molar-refractivity contribution in [2.24, 2.45) is 5.92 Å². The van der Waals surface area contributed by atoms with Crippen LogP contribution in [0.15, 0.2) is 54.6 Å². The van der Waals surface area contributed by atoms with E-state index < -0.39 is 0 Å². The van der Waals surface area contributed by atoms with Crippen molar-refractivity contribution >= 4 is 28.9 Å². The zero-order chi connectivity index (χ0) is 19.1. The monoisotopic (exact) mass is 401 g/mol. The number of rotatable bonds is 4. The molecule has 0 fully saturated rings. The van der Waals surface area contributed by atoms with E-state index in [1.54, 1.807) is 12.1 Å². The van der Waals surface area contributed by atoms with Gasteiger partial charge in [-0.3, -0.25) is 0 Å². The van der Waals surface area contributed by atoms with Crippen molar-refractivity contribution in [1.82, 2.24) is 0 Å². The third-order valence-corrected chi connectivity index (χ3v) is 5.72. The van der Waals surface area contributed by atoms with Gasteiger partial charge in [-0.05, 0) is 60.7 Å². The normalized spacial score (nSPS) is 22.7. The maximum Gasteiger partial charge on any atom is 0.139 e. The Balaban J connectivity index is 1.72. The molecule has 0 saturated heterocycles. The molecule has 0 spiro atoms. The number of phenols is 1. The molecular weight excluding hydrogens is 381 g/mol.